The van der Waals surface area contributed by atoms with Gasteiger partial charge in [0.25, 0.3) is 17.7 Å². The fourth-order valence-electron chi connectivity index (χ4n) is 4.51. The number of rotatable bonds is 10. The van der Waals surface area contributed by atoms with Crippen molar-refractivity contribution >= 4 is 46.8 Å². The molecule has 0 bridgehead atoms. The Kier molecular flexibility index (Phi) is 7.79. The Bertz CT molecular complexity index is 1870. The summed E-state index contributed by atoms with van der Waals surface area (Å²) in [5, 5.41) is 23.9. The second-order valence-corrected chi connectivity index (χ2v) is 9.19. The van der Waals surface area contributed by atoms with Crippen LogP contribution in [0.3, 0.4) is 0 Å². The number of hydrogen-bond acceptors (Lipinski definition) is 9. The van der Waals surface area contributed by atoms with Crippen LogP contribution in [0.1, 0.15) is 10.4 Å². The Hall–Kier alpha value is -6.11. The van der Waals surface area contributed by atoms with Gasteiger partial charge in [-0.25, -0.2) is 9.80 Å². The maximum Gasteiger partial charge on any atom is 0.336 e. The summed E-state index contributed by atoms with van der Waals surface area (Å²) in [5.41, 5.74) is 1.57. The molecule has 0 aromatic heterocycles. The fourth-order valence-corrected chi connectivity index (χ4v) is 4.51. The first-order chi connectivity index (χ1) is 20.6. The maximum absolute atomic E-state index is 12.5. The molecule has 13 heteroatoms. The Morgan fingerprint density at radius 1 is 0.930 bits per heavy atom. The number of benzene rings is 3. The number of aliphatic carboxylic acids is 1. The van der Waals surface area contributed by atoms with Crippen molar-refractivity contribution in [2.24, 2.45) is 5.10 Å². The molecule has 43 heavy (non-hydrogen) atoms. The summed E-state index contributed by atoms with van der Waals surface area (Å²) < 4.78 is 11.7. The molecule has 3 aliphatic rings. The zero-order valence-corrected chi connectivity index (χ0v) is 22.1. The van der Waals surface area contributed by atoms with Crippen molar-refractivity contribution in [2.75, 3.05) is 19.7 Å². The largest absolute Gasteiger partial charge is 0.488 e. The van der Waals surface area contributed by atoms with Crippen molar-refractivity contribution in [2.45, 2.75) is 0 Å². The van der Waals surface area contributed by atoms with E-state index in [1.807, 2.05) is 0 Å². The molecule has 0 fully saturated rings. The lowest BCUT2D eigenvalue weighted by molar-refractivity contribution is -0.147. The topological polar surface area (TPSA) is 184 Å². The van der Waals surface area contributed by atoms with Gasteiger partial charge < -0.3 is 19.4 Å². The van der Waals surface area contributed by atoms with Crippen LogP contribution in [0.15, 0.2) is 87.1 Å². The summed E-state index contributed by atoms with van der Waals surface area (Å²) in [6.45, 7) is -1.72. The van der Waals surface area contributed by atoms with Gasteiger partial charge in [-0.1, -0.05) is 18.2 Å². The van der Waals surface area contributed by atoms with E-state index in [0.29, 0.717) is 37.6 Å². The number of carboxylic acids is 2. The van der Waals surface area contributed by atoms with Gasteiger partial charge in [0, 0.05) is 40.8 Å². The first kappa shape index (κ1) is 28.4. The molecule has 2 N–H and O–H groups in total. The molecule has 216 valence electrons. The van der Waals surface area contributed by atoms with Gasteiger partial charge in [0.05, 0.1) is 11.8 Å². The quantitative estimate of drug-likeness (QED) is 0.122. The number of hydrogen-bond donors (Lipinski definition) is 2. The maximum atomic E-state index is 12.5. The van der Waals surface area contributed by atoms with Crippen LogP contribution >= 0.6 is 0 Å². The zero-order valence-electron chi connectivity index (χ0n) is 22.1. The van der Waals surface area contributed by atoms with E-state index in [9.17, 15) is 33.9 Å². The van der Waals surface area contributed by atoms with Gasteiger partial charge >= 0.3 is 11.9 Å². The first-order valence-corrected chi connectivity index (χ1v) is 12.7. The lowest BCUT2D eigenvalue weighted by Crippen LogP contribution is -2.42. The average Bonchev–Trinajstić information content (AvgIpc) is 3.29. The van der Waals surface area contributed by atoms with Gasteiger partial charge in [0.2, 0.25) is 0 Å². The van der Waals surface area contributed by atoms with Crippen LogP contribution in [0.5, 0.6) is 5.75 Å². The number of aromatic carboxylic acids is 1. The lowest BCUT2D eigenvalue weighted by Gasteiger charge is -2.19. The second kappa shape index (κ2) is 11.8. The van der Waals surface area contributed by atoms with Gasteiger partial charge in [0.15, 0.2) is 5.43 Å². The van der Waals surface area contributed by atoms with E-state index in [0.717, 1.165) is 18.4 Å². The summed E-state index contributed by atoms with van der Waals surface area (Å²) in [6.07, 6.45) is 3.13. The van der Waals surface area contributed by atoms with E-state index < -0.39 is 42.7 Å². The molecule has 2 aromatic carbocycles. The molecule has 2 aliphatic heterocycles. The third kappa shape index (κ3) is 6.00. The number of imide groups is 1. The normalized spacial score (nSPS) is 12.9. The van der Waals surface area contributed by atoms with Crippen molar-refractivity contribution in [3.63, 3.8) is 0 Å². The van der Waals surface area contributed by atoms with Crippen LogP contribution < -0.4 is 10.2 Å². The van der Waals surface area contributed by atoms with Crippen molar-refractivity contribution < 1.29 is 43.3 Å². The molecule has 0 saturated carbocycles. The van der Waals surface area contributed by atoms with Crippen LogP contribution in [0.25, 0.3) is 33.4 Å². The van der Waals surface area contributed by atoms with Crippen molar-refractivity contribution in [1.29, 1.82) is 0 Å². The highest BCUT2D eigenvalue weighted by Crippen LogP contribution is 2.41. The number of ether oxygens (including phenoxy) is 1. The van der Waals surface area contributed by atoms with Crippen molar-refractivity contribution in [3.8, 4) is 28.2 Å². The van der Waals surface area contributed by atoms with Crippen LogP contribution in [0.4, 0.5) is 0 Å². The predicted molar refractivity (Wildman–Crippen MR) is 151 cm³/mol. The average molecular weight is 584 g/mol. The predicted octanol–water partition coefficient (Wildman–Crippen LogP) is 2.47. The SMILES string of the molecule is O=C(O)CN(N=CCOc1ccc2c(-c3ccccc3C(=O)O)c3ccc(=O)cc-3oc2c1)C(=O)CN1C(=O)C=CC1=O. The second-order valence-electron chi connectivity index (χ2n) is 9.19. The number of carbonyl (C=O) groups is 5. The molecular weight excluding hydrogens is 562 g/mol. The Labute approximate surface area is 241 Å². The van der Waals surface area contributed by atoms with Crippen LogP contribution in [-0.2, 0) is 19.2 Å². The van der Waals surface area contributed by atoms with Crippen molar-refractivity contribution in [3.05, 3.63) is 88.6 Å². The molecule has 3 amide bonds. The van der Waals surface area contributed by atoms with Gasteiger partial charge in [-0.2, -0.15) is 5.10 Å². The molecule has 5 rings (SSSR count). The van der Waals surface area contributed by atoms with Gasteiger partial charge in [-0.05, 0) is 35.9 Å². The summed E-state index contributed by atoms with van der Waals surface area (Å²) in [6, 6.07) is 15.5. The Morgan fingerprint density at radius 3 is 2.40 bits per heavy atom. The third-order valence-corrected chi connectivity index (χ3v) is 6.40. The molecule has 2 aromatic rings. The van der Waals surface area contributed by atoms with E-state index >= 15 is 0 Å². The van der Waals surface area contributed by atoms with Crippen LogP contribution in [0, 0.1) is 0 Å². The highest BCUT2D eigenvalue weighted by molar-refractivity contribution is 6.14. The van der Waals surface area contributed by atoms with E-state index in [1.54, 1.807) is 36.4 Å². The molecule has 13 nitrogen and oxygen atoms in total. The summed E-state index contributed by atoms with van der Waals surface area (Å²) in [5.74, 6) is -4.26. The van der Waals surface area contributed by atoms with E-state index in [2.05, 4.69) is 5.10 Å². The molecule has 0 radical (unpaired) electrons. The van der Waals surface area contributed by atoms with E-state index in [4.69, 9.17) is 14.3 Å². The lowest BCUT2D eigenvalue weighted by atomic mass is 9.91. The van der Waals surface area contributed by atoms with Crippen molar-refractivity contribution in [1.82, 2.24) is 9.91 Å². The molecular formula is C30H21N3O10. The summed E-state index contributed by atoms with van der Waals surface area (Å²) >= 11 is 0. The van der Waals surface area contributed by atoms with Gasteiger partial charge in [0.1, 0.15) is 36.8 Å². The number of amides is 3. The monoisotopic (exact) mass is 583 g/mol. The van der Waals surface area contributed by atoms with Crippen LogP contribution in [-0.4, -0.2) is 75.7 Å². The molecule has 0 atom stereocenters. The first-order valence-electron chi connectivity index (χ1n) is 12.7. The number of hydrazone groups is 1. The Morgan fingerprint density at radius 2 is 1.67 bits per heavy atom. The molecule has 0 spiro atoms. The number of fused-ring (bicyclic) bond motifs is 2. The summed E-state index contributed by atoms with van der Waals surface area (Å²) in [4.78, 5) is 72.0. The van der Waals surface area contributed by atoms with E-state index in [-0.39, 0.29) is 29.1 Å². The van der Waals surface area contributed by atoms with Crippen LogP contribution in [0.2, 0.25) is 0 Å². The van der Waals surface area contributed by atoms with Gasteiger partial charge in [-0.3, -0.25) is 28.9 Å². The minimum Gasteiger partial charge on any atom is -0.488 e. The Balaban J connectivity index is 1.41. The smallest absolute Gasteiger partial charge is 0.336 e. The molecule has 1 aliphatic carbocycles. The number of nitrogens with zero attached hydrogens (tertiary/aromatic N) is 3. The standard InChI is InChI=1S/C30H21N3O10/c34-17-5-7-21-23(13-17)43-24-14-18(6-8-22(24)29(21)19-3-1-2-4-20(19)30(40)41)42-12-11-31-33(16-28(38)39)27(37)15-32-25(35)9-10-26(32)36/h1-11,13-14H,12,15-16H2,(H,38,39)(H,40,41). The number of carbonyl (C=O) groups excluding carboxylic acids is 3. The number of carboxylic acid groups (broad SMARTS) is 2. The molecule has 2 heterocycles. The molecule has 0 unspecified atom stereocenters. The third-order valence-electron chi connectivity index (χ3n) is 6.40. The van der Waals surface area contributed by atoms with E-state index in [1.165, 1.54) is 24.3 Å². The van der Waals surface area contributed by atoms with Gasteiger partial charge in [-0.15, -0.1) is 0 Å². The minimum atomic E-state index is -1.37. The fraction of sp³-hybridized carbons (Fsp3) is 0.100. The summed E-state index contributed by atoms with van der Waals surface area (Å²) in [7, 11) is 0. The minimum absolute atomic E-state index is 0.0641. The highest BCUT2D eigenvalue weighted by Gasteiger charge is 2.28. The molecule has 0 saturated heterocycles. The zero-order chi connectivity index (χ0) is 30.7. The highest BCUT2D eigenvalue weighted by atomic mass is 16.5.